The molecule has 0 bridgehead atoms. The van der Waals surface area contributed by atoms with Crippen LogP contribution >= 0.6 is 0 Å². The van der Waals surface area contributed by atoms with Gasteiger partial charge in [-0.2, -0.15) is 0 Å². The highest BCUT2D eigenvalue weighted by Gasteiger charge is 2.17. The first kappa shape index (κ1) is 8.52. The van der Waals surface area contributed by atoms with Crippen molar-refractivity contribution >= 4 is 0 Å². The first-order valence-corrected chi connectivity index (χ1v) is 4.32. The van der Waals surface area contributed by atoms with Crippen LogP contribution in [0.25, 0.3) is 0 Å². The maximum absolute atomic E-state index is 11.0. The Morgan fingerprint density at radius 3 is 3.00 bits per heavy atom. The minimum atomic E-state index is 0.00154. The average molecular weight is 183 g/mol. The molecule has 5 nitrogen and oxygen atoms in total. The fraction of sp³-hybridized carbons (Fsp3) is 0.625. The van der Waals surface area contributed by atoms with E-state index in [9.17, 15) is 4.79 Å². The Bertz CT molecular complexity index is 337. The van der Waals surface area contributed by atoms with Crippen LogP contribution in [-0.4, -0.2) is 29.0 Å². The first-order chi connectivity index (χ1) is 6.25. The van der Waals surface area contributed by atoms with Gasteiger partial charge in [-0.3, -0.25) is 14.6 Å². The molecule has 1 aromatic heterocycles. The lowest BCUT2D eigenvalue weighted by molar-refractivity contribution is -0.00592. The summed E-state index contributed by atoms with van der Waals surface area (Å²) in [4.78, 5) is 11.0. The Morgan fingerprint density at radius 2 is 2.54 bits per heavy atom. The molecule has 1 aliphatic heterocycles. The third kappa shape index (κ3) is 1.81. The molecule has 2 rings (SSSR count). The lowest BCUT2D eigenvalue weighted by atomic mass is 10.2. The molecular weight excluding hydrogens is 170 g/mol. The third-order valence-corrected chi connectivity index (χ3v) is 2.16. The second kappa shape index (κ2) is 3.35. The third-order valence-electron chi connectivity index (χ3n) is 2.16. The minimum Gasteiger partial charge on any atom is -0.378 e. The maximum atomic E-state index is 11.0. The van der Waals surface area contributed by atoms with Crippen molar-refractivity contribution in [2.75, 3.05) is 13.2 Å². The van der Waals surface area contributed by atoms with Crippen LogP contribution in [0.5, 0.6) is 0 Å². The van der Waals surface area contributed by atoms with E-state index in [2.05, 4.69) is 10.4 Å². The molecule has 72 valence electrons. The Kier molecular flexibility index (Phi) is 2.20. The van der Waals surface area contributed by atoms with Gasteiger partial charge in [0.2, 0.25) is 0 Å². The Labute approximate surface area is 75.7 Å². The molecule has 0 saturated carbocycles. The number of aromatic nitrogens is 2. The van der Waals surface area contributed by atoms with E-state index in [0.29, 0.717) is 12.6 Å². The highest BCUT2D eigenvalue weighted by atomic mass is 16.5. The van der Waals surface area contributed by atoms with E-state index in [-0.39, 0.29) is 5.56 Å². The maximum Gasteiger partial charge on any atom is 0.266 e. The number of aryl methyl sites for hydroxylation is 1. The Balaban J connectivity index is 1.90. The average Bonchev–Trinajstić information content (AvgIpc) is 2.28. The summed E-state index contributed by atoms with van der Waals surface area (Å²) < 4.78 is 6.48. The normalized spacial score (nSPS) is 17.3. The zero-order valence-corrected chi connectivity index (χ0v) is 7.54. The number of H-pyrrole nitrogens is 1. The summed E-state index contributed by atoms with van der Waals surface area (Å²) in [6.45, 7) is 2.25. The van der Waals surface area contributed by atoms with Crippen LogP contribution in [0.1, 0.15) is 5.69 Å². The van der Waals surface area contributed by atoms with Crippen LogP contribution in [0.3, 0.4) is 0 Å². The predicted molar refractivity (Wildman–Crippen MR) is 47.5 cm³/mol. The van der Waals surface area contributed by atoms with Gasteiger partial charge in [-0.15, -0.1) is 0 Å². The number of rotatable bonds is 3. The zero-order chi connectivity index (χ0) is 9.26. The van der Waals surface area contributed by atoms with Crippen LogP contribution in [0.15, 0.2) is 10.9 Å². The smallest absolute Gasteiger partial charge is 0.266 e. The number of hydrogen-bond acceptors (Lipinski definition) is 3. The molecule has 0 amide bonds. The molecule has 5 heteroatoms. The van der Waals surface area contributed by atoms with Crippen LogP contribution in [0, 0.1) is 0 Å². The van der Waals surface area contributed by atoms with Crippen molar-refractivity contribution < 1.29 is 4.74 Å². The van der Waals surface area contributed by atoms with Crippen molar-refractivity contribution in [3.63, 3.8) is 0 Å². The molecule has 0 atom stereocenters. The van der Waals surface area contributed by atoms with E-state index < -0.39 is 0 Å². The molecule has 0 spiro atoms. The largest absolute Gasteiger partial charge is 0.378 e. The summed E-state index contributed by atoms with van der Waals surface area (Å²) in [6.07, 6.45) is 0. The standard InChI is InChI=1S/C8H13N3O2/c1-11-8(12)2-6(10-11)3-9-7-4-13-5-7/h2,7,9-10H,3-5H2,1H3. The lowest BCUT2D eigenvalue weighted by Gasteiger charge is -2.26. The SMILES string of the molecule is Cn1[nH]c(CNC2COC2)cc1=O. The summed E-state index contributed by atoms with van der Waals surface area (Å²) in [6, 6.07) is 2.05. The van der Waals surface area contributed by atoms with Gasteiger partial charge < -0.3 is 10.1 Å². The van der Waals surface area contributed by atoms with Crippen molar-refractivity contribution in [1.82, 2.24) is 15.1 Å². The van der Waals surface area contributed by atoms with Crippen LogP contribution in [0.4, 0.5) is 0 Å². The number of nitrogens with one attached hydrogen (secondary N) is 2. The molecule has 2 N–H and O–H groups in total. The van der Waals surface area contributed by atoms with Crippen molar-refractivity contribution in [2.45, 2.75) is 12.6 Å². The van der Waals surface area contributed by atoms with Gasteiger partial charge in [-0.1, -0.05) is 0 Å². The van der Waals surface area contributed by atoms with Gasteiger partial charge in [0.05, 0.1) is 24.9 Å². The summed E-state index contributed by atoms with van der Waals surface area (Å²) >= 11 is 0. The van der Waals surface area contributed by atoms with Crippen molar-refractivity contribution in [3.05, 3.63) is 22.1 Å². The van der Waals surface area contributed by atoms with E-state index in [1.54, 1.807) is 13.1 Å². The van der Waals surface area contributed by atoms with Gasteiger partial charge in [0, 0.05) is 19.7 Å². The van der Waals surface area contributed by atoms with E-state index in [1.807, 2.05) is 0 Å². The van der Waals surface area contributed by atoms with Gasteiger partial charge >= 0.3 is 0 Å². The van der Waals surface area contributed by atoms with Gasteiger partial charge in [-0.05, 0) is 0 Å². The van der Waals surface area contributed by atoms with Crippen LogP contribution < -0.4 is 10.9 Å². The molecule has 1 saturated heterocycles. The molecule has 0 aromatic carbocycles. The second-order valence-electron chi connectivity index (χ2n) is 3.29. The molecular formula is C8H13N3O2. The first-order valence-electron chi connectivity index (χ1n) is 4.32. The van der Waals surface area contributed by atoms with Gasteiger partial charge in [0.25, 0.3) is 5.56 Å². The molecule has 1 aliphatic rings. The molecule has 2 heterocycles. The van der Waals surface area contributed by atoms with Crippen molar-refractivity contribution in [2.24, 2.45) is 7.05 Å². The van der Waals surface area contributed by atoms with Crippen LogP contribution in [-0.2, 0) is 18.3 Å². The van der Waals surface area contributed by atoms with E-state index >= 15 is 0 Å². The highest BCUT2D eigenvalue weighted by Crippen LogP contribution is 2.00. The summed E-state index contributed by atoms with van der Waals surface area (Å²) in [5.41, 5.74) is 0.918. The van der Waals surface area contributed by atoms with E-state index in [1.165, 1.54) is 4.68 Å². The zero-order valence-electron chi connectivity index (χ0n) is 7.54. The monoisotopic (exact) mass is 183 g/mol. The molecule has 0 aliphatic carbocycles. The van der Waals surface area contributed by atoms with Gasteiger partial charge in [0.1, 0.15) is 0 Å². The Morgan fingerprint density at radius 1 is 1.77 bits per heavy atom. The van der Waals surface area contributed by atoms with Crippen LogP contribution in [0.2, 0.25) is 0 Å². The number of hydrogen-bond donors (Lipinski definition) is 2. The molecule has 1 aromatic rings. The van der Waals surface area contributed by atoms with Gasteiger partial charge in [-0.25, -0.2) is 0 Å². The summed E-state index contributed by atoms with van der Waals surface area (Å²) in [5, 5.41) is 6.22. The molecule has 1 fully saturated rings. The van der Waals surface area contributed by atoms with E-state index in [0.717, 1.165) is 18.9 Å². The molecule has 13 heavy (non-hydrogen) atoms. The second-order valence-corrected chi connectivity index (χ2v) is 3.29. The number of nitrogens with zero attached hydrogens (tertiary/aromatic N) is 1. The number of ether oxygens (including phenoxy) is 1. The number of aromatic amines is 1. The lowest BCUT2D eigenvalue weighted by Crippen LogP contribution is -2.45. The topological polar surface area (TPSA) is 59.1 Å². The minimum absolute atomic E-state index is 0.00154. The fourth-order valence-corrected chi connectivity index (χ4v) is 1.25. The summed E-state index contributed by atoms with van der Waals surface area (Å²) in [7, 11) is 1.71. The predicted octanol–water partition coefficient (Wildman–Crippen LogP) is -0.798. The van der Waals surface area contributed by atoms with E-state index in [4.69, 9.17) is 4.74 Å². The quantitative estimate of drug-likeness (QED) is 0.645. The highest BCUT2D eigenvalue weighted by molar-refractivity contribution is 4.99. The summed E-state index contributed by atoms with van der Waals surface area (Å²) in [5.74, 6) is 0. The molecule has 0 unspecified atom stereocenters. The van der Waals surface area contributed by atoms with Crippen molar-refractivity contribution in [3.8, 4) is 0 Å². The van der Waals surface area contributed by atoms with Gasteiger partial charge in [0.15, 0.2) is 0 Å². The fourth-order valence-electron chi connectivity index (χ4n) is 1.25. The molecule has 0 radical (unpaired) electrons. The van der Waals surface area contributed by atoms with Crippen molar-refractivity contribution in [1.29, 1.82) is 0 Å². The Hall–Kier alpha value is -1.07.